The molecule has 0 bridgehead atoms. The maximum atomic E-state index is 13.1. The molecule has 0 aliphatic carbocycles. The van der Waals surface area contributed by atoms with Crippen molar-refractivity contribution in [1.29, 1.82) is 0 Å². The summed E-state index contributed by atoms with van der Waals surface area (Å²) in [6.07, 6.45) is 1.31. The summed E-state index contributed by atoms with van der Waals surface area (Å²) in [5, 5.41) is 2.88. The van der Waals surface area contributed by atoms with E-state index in [1.165, 1.54) is 6.07 Å². The molecule has 80 valence electrons. The Kier molecular flexibility index (Phi) is 2.91. The van der Waals surface area contributed by atoms with E-state index in [1.54, 1.807) is 12.1 Å². The van der Waals surface area contributed by atoms with Gasteiger partial charge in [0.05, 0.1) is 5.02 Å². The van der Waals surface area contributed by atoms with Crippen molar-refractivity contribution in [1.82, 2.24) is 5.32 Å². The van der Waals surface area contributed by atoms with Crippen molar-refractivity contribution in [3.05, 3.63) is 34.6 Å². The summed E-state index contributed by atoms with van der Waals surface area (Å²) >= 11 is 5.81. The van der Waals surface area contributed by atoms with Gasteiger partial charge >= 0.3 is 0 Å². The SMILES string of the molecule is O=C1NCCC1Cc1cccc(F)c1Cl. The van der Waals surface area contributed by atoms with Gasteiger partial charge in [0, 0.05) is 12.5 Å². The molecule has 1 saturated heterocycles. The summed E-state index contributed by atoms with van der Waals surface area (Å²) < 4.78 is 13.1. The van der Waals surface area contributed by atoms with Crippen molar-refractivity contribution in [2.24, 2.45) is 5.92 Å². The van der Waals surface area contributed by atoms with E-state index in [-0.39, 0.29) is 16.8 Å². The summed E-state index contributed by atoms with van der Waals surface area (Å²) in [5.41, 5.74) is 0.707. The van der Waals surface area contributed by atoms with E-state index in [0.29, 0.717) is 18.5 Å². The van der Waals surface area contributed by atoms with E-state index >= 15 is 0 Å². The van der Waals surface area contributed by atoms with Crippen LogP contribution in [0.15, 0.2) is 18.2 Å². The standard InChI is InChI=1S/C11H11ClFNO/c12-10-7(2-1-3-9(10)13)6-8-4-5-14-11(8)15/h1-3,8H,4-6H2,(H,14,15). The zero-order valence-corrected chi connectivity index (χ0v) is 8.85. The first-order chi connectivity index (χ1) is 7.18. The molecule has 0 radical (unpaired) electrons. The molecule has 0 spiro atoms. The van der Waals surface area contributed by atoms with Crippen LogP contribution in [0.3, 0.4) is 0 Å². The van der Waals surface area contributed by atoms with Crippen molar-refractivity contribution in [3.63, 3.8) is 0 Å². The molecular weight excluding hydrogens is 217 g/mol. The fourth-order valence-corrected chi connectivity index (χ4v) is 2.01. The molecule has 1 N–H and O–H groups in total. The second kappa shape index (κ2) is 4.19. The average molecular weight is 228 g/mol. The van der Waals surface area contributed by atoms with Gasteiger partial charge < -0.3 is 5.32 Å². The highest BCUT2D eigenvalue weighted by Gasteiger charge is 2.25. The van der Waals surface area contributed by atoms with E-state index < -0.39 is 5.82 Å². The van der Waals surface area contributed by atoms with Gasteiger partial charge in [0.15, 0.2) is 0 Å². The molecule has 1 atom stereocenters. The number of halogens is 2. The van der Waals surface area contributed by atoms with E-state index in [9.17, 15) is 9.18 Å². The largest absolute Gasteiger partial charge is 0.356 e. The van der Waals surface area contributed by atoms with Crippen molar-refractivity contribution < 1.29 is 9.18 Å². The normalized spacial score (nSPS) is 20.4. The average Bonchev–Trinajstić information content (AvgIpc) is 2.60. The van der Waals surface area contributed by atoms with Gasteiger partial charge in [0.1, 0.15) is 5.82 Å². The van der Waals surface area contributed by atoms with Gasteiger partial charge in [0.25, 0.3) is 0 Å². The minimum Gasteiger partial charge on any atom is -0.356 e. The number of carbonyl (C=O) groups excluding carboxylic acids is 1. The third kappa shape index (κ3) is 2.12. The van der Waals surface area contributed by atoms with Crippen LogP contribution in [0.1, 0.15) is 12.0 Å². The Morgan fingerprint density at radius 2 is 2.33 bits per heavy atom. The number of carbonyl (C=O) groups is 1. The van der Waals surface area contributed by atoms with Crippen molar-refractivity contribution in [2.45, 2.75) is 12.8 Å². The fourth-order valence-electron chi connectivity index (χ4n) is 1.81. The molecule has 0 aromatic heterocycles. The minimum absolute atomic E-state index is 0.0373. The molecule has 1 amide bonds. The van der Waals surface area contributed by atoms with Crippen molar-refractivity contribution in [3.8, 4) is 0 Å². The lowest BCUT2D eigenvalue weighted by molar-refractivity contribution is -0.122. The van der Waals surface area contributed by atoms with Gasteiger partial charge in [-0.25, -0.2) is 4.39 Å². The third-order valence-corrected chi connectivity index (χ3v) is 3.08. The Morgan fingerprint density at radius 3 is 3.00 bits per heavy atom. The second-order valence-electron chi connectivity index (χ2n) is 3.69. The van der Waals surface area contributed by atoms with Gasteiger partial charge in [-0.05, 0) is 24.5 Å². The van der Waals surface area contributed by atoms with E-state index in [0.717, 1.165) is 6.42 Å². The molecule has 2 rings (SSSR count). The highest BCUT2D eigenvalue weighted by molar-refractivity contribution is 6.31. The summed E-state index contributed by atoms with van der Waals surface area (Å²) in [4.78, 5) is 11.3. The number of rotatable bonds is 2. The van der Waals surface area contributed by atoms with Crippen LogP contribution in [0.5, 0.6) is 0 Å². The zero-order valence-electron chi connectivity index (χ0n) is 8.09. The smallest absolute Gasteiger partial charge is 0.223 e. The van der Waals surface area contributed by atoms with Crippen LogP contribution in [0.25, 0.3) is 0 Å². The lowest BCUT2D eigenvalue weighted by Gasteiger charge is -2.08. The van der Waals surface area contributed by atoms with E-state index in [4.69, 9.17) is 11.6 Å². The molecule has 1 heterocycles. The number of hydrogen-bond acceptors (Lipinski definition) is 1. The second-order valence-corrected chi connectivity index (χ2v) is 4.07. The van der Waals surface area contributed by atoms with Crippen LogP contribution in [0, 0.1) is 11.7 Å². The van der Waals surface area contributed by atoms with Gasteiger partial charge in [-0.3, -0.25) is 4.79 Å². The lowest BCUT2D eigenvalue weighted by atomic mass is 9.98. The third-order valence-electron chi connectivity index (χ3n) is 2.66. The van der Waals surface area contributed by atoms with Crippen LogP contribution >= 0.6 is 11.6 Å². The molecule has 15 heavy (non-hydrogen) atoms. The lowest BCUT2D eigenvalue weighted by Crippen LogP contribution is -2.20. The van der Waals surface area contributed by atoms with Gasteiger partial charge in [-0.1, -0.05) is 23.7 Å². The van der Waals surface area contributed by atoms with Crippen LogP contribution < -0.4 is 5.32 Å². The Morgan fingerprint density at radius 1 is 1.53 bits per heavy atom. The summed E-state index contributed by atoms with van der Waals surface area (Å²) in [7, 11) is 0. The van der Waals surface area contributed by atoms with Gasteiger partial charge in [0.2, 0.25) is 5.91 Å². The predicted octanol–water partition coefficient (Wildman–Crippen LogP) is 2.16. The number of benzene rings is 1. The van der Waals surface area contributed by atoms with Crippen LogP contribution in [0.4, 0.5) is 4.39 Å². The molecule has 1 fully saturated rings. The van der Waals surface area contributed by atoms with Crippen LogP contribution in [-0.2, 0) is 11.2 Å². The first-order valence-corrected chi connectivity index (χ1v) is 5.27. The highest BCUT2D eigenvalue weighted by atomic mass is 35.5. The molecule has 4 heteroatoms. The molecular formula is C11H11ClFNO. The number of hydrogen-bond donors (Lipinski definition) is 1. The number of amides is 1. The van der Waals surface area contributed by atoms with Crippen LogP contribution in [-0.4, -0.2) is 12.5 Å². The highest BCUT2D eigenvalue weighted by Crippen LogP contribution is 2.24. The topological polar surface area (TPSA) is 29.1 Å². The molecule has 1 aromatic carbocycles. The van der Waals surface area contributed by atoms with Crippen molar-refractivity contribution >= 4 is 17.5 Å². The minimum atomic E-state index is -0.424. The monoisotopic (exact) mass is 227 g/mol. The summed E-state index contributed by atoms with van der Waals surface area (Å²) in [6, 6.07) is 4.70. The van der Waals surface area contributed by atoms with E-state index in [2.05, 4.69) is 5.32 Å². The molecule has 2 nitrogen and oxygen atoms in total. The van der Waals surface area contributed by atoms with Gasteiger partial charge in [-0.15, -0.1) is 0 Å². The molecule has 1 unspecified atom stereocenters. The number of nitrogens with one attached hydrogen (secondary N) is 1. The Hall–Kier alpha value is -1.09. The first kappa shape index (κ1) is 10.4. The van der Waals surface area contributed by atoms with Crippen molar-refractivity contribution in [2.75, 3.05) is 6.54 Å². The van der Waals surface area contributed by atoms with Crippen LogP contribution in [0.2, 0.25) is 5.02 Å². The molecule has 1 aromatic rings. The Balaban J connectivity index is 2.17. The molecule has 1 aliphatic heterocycles. The molecule has 1 aliphatic rings. The van der Waals surface area contributed by atoms with E-state index in [1.807, 2.05) is 0 Å². The summed E-state index contributed by atoms with van der Waals surface area (Å²) in [5.74, 6) is -0.452. The Labute approximate surface area is 92.4 Å². The van der Waals surface area contributed by atoms with Gasteiger partial charge in [-0.2, -0.15) is 0 Å². The molecule has 0 saturated carbocycles. The quantitative estimate of drug-likeness (QED) is 0.824. The first-order valence-electron chi connectivity index (χ1n) is 4.89. The summed E-state index contributed by atoms with van der Waals surface area (Å²) in [6.45, 7) is 0.705. The maximum Gasteiger partial charge on any atom is 0.223 e. The Bertz CT molecular complexity index is 394. The zero-order chi connectivity index (χ0) is 10.8. The fraction of sp³-hybridized carbons (Fsp3) is 0.364. The maximum absolute atomic E-state index is 13.1. The predicted molar refractivity (Wildman–Crippen MR) is 56.2 cm³/mol.